The SMILES string of the molecule is CC1CC(C(=O)NC(C)C(=O)NC(C)(C)C)CCN1. The standard InChI is InChI=1S/C14H27N3O2/c1-9-8-11(6-7-15-9)13(19)16-10(2)12(18)17-14(3,4)5/h9-11,15H,6-8H2,1-5H3,(H,16,19)(H,17,18). The van der Waals surface area contributed by atoms with Gasteiger partial charge >= 0.3 is 0 Å². The van der Waals surface area contributed by atoms with Crippen LogP contribution < -0.4 is 16.0 Å². The molecule has 0 bridgehead atoms. The topological polar surface area (TPSA) is 70.2 Å². The smallest absolute Gasteiger partial charge is 0.242 e. The molecule has 0 aromatic carbocycles. The van der Waals surface area contributed by atoms with Crippen molar-refractivity contribution in [2.24, 2.45) is 5.92 Å². The van der Waals surface area contributed by atoms with Crippen LogP contribution >= 0.6 is 0 Å². The number of piperidine rings is 1. The minimum Gasteiger partial charge on any atom is -0.350 e. The Bertz CT molecular complexity index is 336. The van der Waals surface area contributed by atoms with E-state index >= 15 is 0 Å². The molecule has 2 amide bonds. The molecular weight excluding hydrogens is 242 g/mol. The summed E-state index contributed by atoms with van der Waals surface area (Å²) in [5.74, 6) is -0.131. The van der Waals surface area contributed by atoms with Crippen LogP contribution in [0.3, 0.4) is 0 Å². The van der Waals surface area contributed by atoms with Crippen LogP contribution in [0.1, 0.15) is 47.5 Å². The zero-order chi connectivity index (χ0) is 14.6. The number of rotatable bonds is 3. The van der Waals surface area contributed by atoms with E-state index in [1.165, 1.54) is 0 Å². The molecule has 1 heterocycles. The van der Waals surface area contributed by atoms with Gasteiger partial charge in [-0.3, -0.25) is 9.59 Å². The van der Waals surface area contributed by atoms with Gasteiger partial charge in [0.1, 0.15) is 6.04 Å². The Balaban J connectivity index is 2.45. The monoisotopic (exact) mass is 269 g/mol. The number of carbonyl (C=O) groups is 2. The summed E-state index contributed by atoms with van der Waals surface area (Å²) < 4.78 is 0. The number of carbonyl (C=O) groups excluding carboxylic acids is 2. The second-order valence-corrected chi connectivity index (χ2v) is 6.55. The van der Waals surface area contributed by atoms with Crippen LogP contribution in [-0.2, 0) is 9.59 Å². The quantitative estimate of drug-likeness (QED) is 0.709. The fourth-order valence-electron chi connectivity index (χ4n) is 2.24. The van der Waals surface area contributed by atoms with Crippen LogP contribution in [0.2, 0.25) is 0 Å². The largest absolute Gasteiger partial charge is 0.350 e. The second kappa shape index (κ2) is 6.37. The fraction of sp³-hybridized carbons (Fsp3) is 0.857. The van der Waals surface area contributed by atoms with Gasteiger partial charge < -0.3 is 16.0 Å². The molecule has 0 spiro atoms. The molecule has 1 saturated heterocycles. The summed E-state index contributed by atoms with van der Waals surface area (Å²) in [5.41, 5.74) is -0.278. The van der Waals surface area contributed by atoms with E-state index in [-0.39, 0.29) is 23.3 Å². The highest BCUT2D eigenvalue weighted by atomic mass is 16.2. The summed E-state index contributed by atoms with van der Waals surface area (Å²) in [4.78, 5) is 24.0. The molecule has 1 rings (SSSR count). The Kier molecular flexibility index (Phi) is 5.35. The van der Waals surface area contributed by atoms with E-state index in [0.29, 0.717) is 6.04 Å². The van der Waals surface area contributed by atoms with Gasteiger partial charge in [-0.2, -0.15) is 0 Å². The summed E-state index contributed by atoms with van der Waals surface area (Å²) in [5, 5.41) is 9.00. The first-order chi connectivity index (χ1) is 8.69. The van der Waals surface area contributed by atoms with Gasteiger partial charge in [0.05, 0.1) is 0 Å². The van der Waals surface area contributed by atoms with E-state index in [9.17, 15) is 9.59 Å². The van der Waals surface area contributed by atoms with Gasteiger partial charge in [-0.1, -0.05) is 0 Å². The maximum atomic E-state index is 12.1. The van der Waals surface area contributed by atoms with Gasteiger partial charge in [-0.25, -0.2) is 0 Å². The van der Waals surface area contributed by atoms with Crippen molar-refractivity contribution >= 4 is 11.8 Å². The third-order valence-corrected chi connectivity index (χ3v) is 3.24. The Morgan fingerprint density at radius 2 is 1.95 bits per heavy atom. The number of hydrogen-bond donors (Lipinski definition) is 3. The number of hydrogen-bond acceptors (Lipinski definition) is 3. The van der Waals surface area contributed by atoms with Crippen LogP contribution in [0.15, 0.2) is 0 Å². The van der Waals surface area contributed by atoms with Crippen molar-refractivity contribution in [1.29, 1.82) is 0 Å². The highest BCUT2D eigenvalue weighted by molar-refractivity contribution is 5.88. The molecular formula is C14H27N3O2. The molecule has 0 aromatic heterocycles. The van der Waals surface area contributed by atoms with Crippen molar-refractivity contribution < 1.29 is 9.59 Å². The molecule has 0 radical (unpaired) electrons. The van der Waals surface area contributed by atoms with Gasteiger partial charge in [0.25, 0.3) is 0 Å². The lowest BCUT2D eigenvalue weighted by atomic mass is 9.92. The molecule has 5 nitrogen and oxygen atoms in total. The highest BCUT2D eigenvalue weighted by Gasteiger charge is 2.27. The van der Waals surface area contributed by atoms with Crippen LogP contribution in [0.5, 0.6) is 0 Å². The zero-order valence-electron chi connectivity index (χ0n) is 12.7. The first-order valence-electron chi connectivity index (χ1n) is 7.05. The van der Waals surface area contributed by atoms with Gasteiger partial charge in [0, 0.05) is 17.5 Å². The van der Waals surface area contributed by atoms with Crippen molar-refractivity contribution in [3.63, 3.8) is 0 Å². The molecule has 3 atom stereocenters. The van der Waals surface area contributed by atoms with Gasteiger partial charge in [0.15, 0.2) is 0 Å². The zero-order valence-corrected chi connectivity index (χ0v) is 12.7. The summed E-state index contributed by atoms with van der Waals surface area (Å²) in [6, 6.07) is -0.125. The van der Waals surface area contributed by atoms with Gasteiger partial charge in [-0.05, 0) is 54.0 Å². The third-order valence-electron chi connectivity index (χ3n) is 3.24. The average Bonchev–Trinajstić information content (AvgIpc) is 2.26. The van der Waals surface area contributed by atoms with E-state index in [2.05, 4.69) is 22.9 Å². The molecule has 19 heavy (non-hydrogen) atoms. The Morgan fingerprint density at radius 3 is 2.47 bits per heavy atom. The lowest BCUT2D eigenvalue weighted by molar-refractivity contribution is -0.132. The highest BCUT2D eigenvalue weighted by Crippen LogP contribution is 2.16. The maximum Gasteiger partial charge on any atom is 0.242 e. The summed E-state index contributed by atoms with van der Waals surface area (Å²) in [6.45, 7) is 10.4. The van der Waals surface area contributed by atoms with Gasteiger partial charge in [-0.15, -0.1) is 0 Å². The molecule has 5 heteroatoms. The third kappa shape index (κ3) is 5.59. The molecule has 1 aliphatic heterocycles. The van der Waals surface area contributed by atoms with Crippen LogP contribution in [-0.4, -0.2) is 36.0 Å². The summed E-state index contributed by atoms with van der Waals surface area (Å²) in [7, 11) is 0. The van der Waals surface area contributed by atoms with E-state index in [4.69, 9.17) is 0 Å². The minimum absolute atomic E-state index is 0.00934. The van der Waals surface area contributed by atoms with E-state index < -0.39 is 6.04 Å². The predicted octanol–water partition coefficient (Wildman–Crippen LogP) is 0.794. The molecule has 110 valence electrons. The Hall–Kier alpha value is -1.10. The Morgan fingerprint density at radius 1 is 1.32 bits per heavy atom. The van der Waals surface area contributed by atoms with Crippen molar-refractivity contribution in [1.82, 2.24) is 16.0 Å². The van der Waals surface area contributed by atoms with Gasteiger partial charge in [0.2, 0.25) is 11.8 Å². The second-order valence-electron chi connectivity index (χ2n) is 6.55. The number of nitrogens with one attached hydrogen (secondary N) is 3. The maximum absolute atomic E-state index is 12.1. The Labute approximate surface area is 115 Å². The molecule has 1 fully saturated rings. The summed E-state index contributed by atoms with van der Waals surface area (Å²) >= 11 is 0. The van der Waals surface area contributed by atoms with E-state index in [0.717, 1.165) is 19.4 Å². The first kappa shape index (κ1) is 16.0. The van der Waals surface area contributed by atoms with Crippen molar-refractivity contribution in [3.8, 4) is 0 Å². The molecule has 0 saturated carbocycles. The van der Waals surface area contributed by atoms with E-state index in [1.807, 2.05) is 20.8 Å². The molecule has 3 unspecified atom stereocenters. The lowest BCUT2D eigenvalue weighted by Gasteiger charge is -2.29. The predicted molar refractivity (Wildman–Crippen MR) is 75.7 cm³/mol. The molecule has 0 aliphatic carbocycles. The minimum atomic E-state index is -0.489. The lowest BCUT2D eigenvalue weighted by Crippen LogP contribution is -2.52. The fourth-order valence-corrected chi connectivity index (χ4v) is 2.24. The van der Waals surface area contributed by atoms with Crippen LogP contribution in [0, 0.1) is 5.92 Å². The van der Waals surface area contributed by atoms with Crippen molar-refractivity contribution in [3.05, 3.63) is 0 Å². The molecule has 3 N–H and O–H groups in total. The van der Waals surface area contributed by atoms with Crippen LogP contribution in [0.4, 0.5) is 0 Å². The van der Waals surface area contributed by atoms with Crippen molar-refractivity contribution in [2.45, 2.75) is 65.1 Å². The van der Waals surface area contributed by atoms with Crippen LogP contribution in [0.25, 0.3) is 0 Å². The average molecular weight is 269 g/mol. The van der Waals surface area contributed by atoms with E-state index in [1.54, 1.807) is 6.92 Å². The normalized spacial score (nSPS) is 25.5. The number of amides is 2. The van der Waals surface area contributed by atoms with Crippen molar-refractivity contribution in [2.75, 3.05) is 6.54 Å². The molecule has 0 aromatic rings. The summed E-state index contributed by atoms with van der Waals surface area (Å²) in [6.07, 6.45) is 1.67. The first-order valence-corrected chi connectivity index (χ1v) is 7.05. The molecule has 1 aliphatic rings.